The molecule has 0 aliphatic heterocycles. The van der Waals surface area contributed by atoms with Gasteiger partial charge in [-0.25, -0.2) is 4.79 Å². The molecule has 0 aromatic heterocycles. The first kappa shape index (κ1) is 18.2. The van der Waals surface area contributed by atoms with Crippen molar-refractivity contribution in [2.45, 2.75) is 45.1 Å². The number of benzene rings is 2. The molecule has 1 aliphatic rings. The highest BCUT2D eigenvalue weighted by Crippen LogP contribution is 2.36. The van der Waals surface area contributed by atoms with Crippen molar-refractivity contribution in [3.05, 3.63) is 77.4 Å². The van der Waals surface area contributed by atoms with Crippen LogP contribution in [0.2, 0.25) is 0 Å². The molecule has 0 saturated heterocycles. The van der Waals surface area contributed by atoms with Crippen LogP contribution < -0.4 is 4.74 Å². The predicted octanol–water partition coefficient (Wildman–Crippen LogP) is 5.41. The van der Waals surface area contributed by atoms with E-state index < -0.39 is 0 Å². The topological polar surface area (TPSA) is 35.5 Å². The van der Waals surface area contributed by atoms with E-state index in [1.54, 1.807) is 6.08 Å². The number of rotatable bonds is 6. The molecule has 26 heavy (non-hydrogen) atoms. The first-order chi connectivity index (χ1) is 12.7. The maximum atomic E-state index is 11.7. The van der Waals surface area contributed by atoms with Gasteiger partial charge in [0, 0.05) is 6.08 Å². The Balaban J connectivity index is 1.58. The van der Waals surface area contributed by atoms with Crippen LogP contribution in [0.3, 0.4) is 0 Å². The third-order valence-corrected chi connectivity index (χ3v) is 4.77. The lowest BCUT2D eigenvalue weighted by Gasteiger charge is -2.24. The predicted molar refractivity (Wildman–Crippen MR) is 103 cm³/mol. The Labute approximate surface area is 155 Å². The van der Waals surface area contributed by atoms with Crippen LogP contribution in [0, 0.1) is 0 Å². The Hall–Kier alpha value is -2.55. The molecule has 0 heterocycles. The van der Waals surface area contributed by atoms with Crippen molar-refractivity contribution in [2.24, 2.45) is 0 Å². The van der Waals surface area contributed by atoms with E-state index in [1.807, 2.05) is 37.3 Å². The molecule has 1 aliphatic carbocycles. The fraction of sp³-hybridized carbons (Fsp3) is 0.348. The molecule has 1 fully saturated rings. The summed E-state index contributed by atoms with van der Waals surface area (Å²) in [5.74, 6) is 1.14. The van der Waals surface area contributed by atoms with Gasteiger partial charge in [0.15, 0.2) is 0 Å². The minimum Gasteiger partial charge on any atom is -0.489 e. The average Bonchev–Trinajstić information content (AvgIpc) is 2.68. The average molecular weight is 350 g/mol. The summed E-state index contributed by atoms with van der Waals surface area (Å²) in [6, 6.07) is 18.6. The van der Waals surface area contributed by atoms with Gasteiger partial charge in [0.2, 0.25) is 0 Å². The number of esters is 1. The van der Waals surface area contributed by atoms with Gasteiger partial charge in [0.25, 0.3) is 0 Å². The van der Waals surface area contributed by atoms with Gasteiger partial charge in [0.05, 0.1) is 6.61 Å². The number of ether oxygens (including phenoxy) is 2. The second-order valence-electron chi connectivity index (χ2n) is 6.69. The molecule has 0 amide bonds. The molecule has 2 aromatic rings. The lowest BCUT2D eigenvalue weighted by molar-refractivity contribution is -0.137. The minimum atomic E-state index is -0.215. The highest BCUT2D eigenvalue weighted by Gasteiger charge is 2.19. The number of carbonyl (C=O) groups is 1. The van der Waals surface area contributed by atoms with Crippen molar-refractivity contribution in [3.63, 3.8) is 0 Å². The van der Waals surface area contributed by atoms with E-state index in [9.17, 15) is 4.79 Å². The Morgan fingerprint density at radius 2 is 1.88 bits per heavy atom. The van der Waals surface area contributed by atoms with E-state index in [2.05, 4.69) is 24.3 Å². The molecule has 3 heteroatoms. The Bertz CT molecular complexity index is 732. The van der Waals surface area contributed by atoms with Crippen LogP contribution in [-0.2, 0) is 16.1 Å². The summed E-state index contributed by atoms with van der Waals surface area (Å²) in [5.41, 5.74) is 3.67. The molecule has 3 nitrogen and oxygen atoms in total. The lowest BCUT2D eigenvalue weighted by Crippen LogP contribution is -2.09. The van der Waals surface area contributed by atoms with Gasteiger partial charge in [-0.05, 0) is 61.8 Å². The molecule has 0 spiro atoms. The smallest absolute Gasteiger partial charge is 0.330 e. The van der Waals surface area contributed by atoms with Crippen molar-refractivity contribution < 1.29 is 14.3 Å². The van der Waals surface area contributed by atoms with E-state index in [4.69, 9.17) is 9.47 Å². The number of hydrogen-bond donors (Lipinski definition) is 0. The molecule has 1 unspecified atom stereocenters. The van der Waals surface area contributed by atoms with Gasteiger partial charge in [0.1, 0.15) is 12.4 Å². The largest absolute Gasteiger partial charge is 0.489 e. The molecule has 1 saturated carbocycles. The number of allylic oxidation sites excluding steroid dienone is 1. The van der Waals surface area contributed by atoms with Gasteiger partial charge in [-0.2, -0.15) is 0 Å². The molecule has 1 atom stereocenters. The third kappa shape index (κ3) is 5.22. The van der Waals surface area contributed by atoms with Crippen LogP contribution in [0.5, 0.6) is 5.75 Å². The normalized spacial score (nSPS) is 18.5. The SMILES string of the molecule is CCOC(=O)/C=C1\CCCC(c2ccc(OCc3ccccc3)cc2)C1. The maximum Gasteiger partial charge on any atom is 0.330 e. The second kappa shape index (κ2) is 9.23. The van der Waals surface area contributed by atoms with Crippen LogP contribution in [0.1, 0.15) is 49.7 Å². The Morgan fingerprint density at radius 1 is 1.12 bits per heavy atom. The van der Waals surface area contributed by atoms with Gasteiger partial charge in [-0.1, -0.05) is 48.0 Å². The zero-order valence-corrected chi connectivity index (χ0v) is 15.3. The summed E-state index contributed by atoms with van der Waals surface area (Å²) in [5, 5.41) is 0. The molecular formula is C23H26O3. The van der Waals surface area contributed by atoms with Crippen molar-refractivity contribution in [3.8, 4) is 5.75 Å². The summed E-state index contributed by atoms with van der Waals surface area (Å²) >= 11 is 0. The molecule has 3 rings (SSSR count). The second-order valence-corrected chi connectivity index (χ2v) is 6.69. The van der Waals surface area contributed by atoms with Crippen LogP contribution in [-0.4, -0.2) is 12.6 Å². The monoisotopic (exact) mass is 350 g/mol. The van der Waals surface area contributed by atoms with E-state index in [1.165, 1.54) is 11.1 Å². The molecule has 0 radical (unpaired) electrons. The Morgan fingerprint density at radius 3 is 2.62 bits per heavy atom. The molecular weight excluding hydrogens is 324 g/mol. The van der Waals surface area contributed by atoms with Crippen molar-refractivity contribution in [1.29, 1.82) is 0 Å². The maximum absolute atomic E-state index is 11.7. The first-order valence-electron chi connectivity index (χ1n) is 9.37. The van der Waals surface area contributed by atoms with Gasteiger partial charge in [-0.3, -0.25) is 0 Å². The highest BCUT2D eigenvalue weighted by molar-refractivity contribution is 5.82. The quantitative estimate of drug-likeness (QED) is 0.516. The summed E-state index contributed by atoms with van der Waals surface area (Å²) in [6.07, 6.45) is 5.89. The van der Waals surface area contributed by atoms with Gasteiger partial charge < -0.3 is 9.47 Å². The summed E-state index contributed by atoms with van der Waals surface area (Å²) in [4.78, 5) is 11.7. The van der Waals surface area contributed by atoms with Crippen LogP contribution in [0.4, 0.5) is 0 Å². The van der Waals surface area contributed by atoms with E-state index >= 15 is 0 Å². The van der Waals surface area contributed by atoms with Gasteiger partial charge >= 0.3 is 5.97 Å². The summed E-state index contributed by atoms with van der Waals surface area (Å²) in [7, 11) is 0. The zero-order valence-electron chi connectivity index (χ0n) is 15.3. The third-order valence-electron chi connectivity index (χ3n) is 4.77. The number of hydrogen-bond acceptors (Lipinski definition) is 3. The van der Waals surface area contributed by atoms with Crippen LogP contribution >= 0.6 is 0 Å². The first-order valence-corrected chi connectivity index (χ1v) is 9.37. The van der Waals surface area contributed by atoms with Crippen LogP contribution in [0.25, 0.3) is 0 Å². The fourth-order valence-electron chi connectivity index (χ4n) is 3.44. The van der Waals surface area contributed by atoms with Crippen molar-refractivity contribution >= 4 is 5.97 Å². The van der Waals surface area contributed by atoms with E-state index in [0.29, 0.717) is 19.1 Å². The van der Waals surface area contributed by atoms with Crippen molar-refractivity contribution in [1.82, 2.24) is 0 Å². The number of carbonyl (C=O) groups excluding carboxylic acids is 1. The standard InChI is InChI=1S/C23H26O3/c1-2-25-23(24)16-19-9-6-10-21(15-19)20-11-13-22(14-12-20)26-17-18-7-4-3-5-8-18/h3-5,7-8,11-14,16,21H,2,6,9-10,15,17H2,1H3/b19-16+. The van der Waals surface area contributed by atoms with Crippen LogP contribution in [0.15, 0.2) is 66.2 Å². The molecule has 0 bridgehead atoms. The van der Waals surface area contributed by atoms with E-state index in [-0.39, 0.29) is 5.97 Å². The van der Waals surface area contributed by atoms with Crippen molar-refractivity contribution in [2.75, 3.05) is 6.61 Å². The molecule has 136 valence electrons. The fourth-order valence-corrected chi connectivity index (χ4v) is 3.44. The molecule has 2 aromatic carbocycles. The lowest BCUT2D eigenvalue weighted by atomic mass is 9.81. The summed E-state index contributed by atoms with van der Waals surface area (Å²) < 4.78 is 10.9. The highest BCUT2D eigenvalue weighted by atomic mass is 16.5. The van der Waals surface area contributed by atoms with E-state index in [0.717, 1.165) is 37.0 Å². The molecule has 0 N–H and O–H groups in total. The minimum absolute atomic E-state index is 0.215. The zero-order chi connectivity index (χ0) is 18.2. The Kier molecular flexibility index (Phi) is 6.48. The van der Waals surface area contributed by atoms with Gasteiger partial charge in [-0.15, -0.1) is 0 Å². The summed E-state index contributed by atoms with van der Waals surface area (Å²) in [6.45, 7) is 2.84.